The summed E-state index contributed by atoms with van der Waals surface area (Å²) in [6.07, 6.45) is 0.982. The molecule has 0 aliphatic carbocycles. The number of carbonyl (C=O) groups excluding carboxylic acids is 1. The Hall–Kier alpha value is -2.22. The van der Waals surface area contributed by atoms with E-state index in [1.165, 1.54) is 31.8 Å². The van der Waals surface area contributed by atoms with Crippen molar-refractivity contribution in [1.82, 2.24) is 14.5 Å². The average Bonchev–Trinajstić information content (AvgIpc) is 2.68. The SMILES string of the molecule is CCc1ccc([C@@H](CNC(=O)c2cccc(S(=O)(=O)N(C)C)c2)N(C)C)cc1. The summed E-state index contributed by atoms with van der Waals surface area (Å²) in [6.45, 7) is 2.53. The molecule has 0 saturated heterocycles. The van der Waals surface area contributed by atoms with Gasteiger partial charge in [0.2, 0.25) is 10.0 Å². The quantitative estimate of drug-likeness (QED) is 0.735. The topological polar surface area (TPSA) is 69.7 Å². The summed E-state index contributed by atoms with van der Waals surface area (Å²) in [5.74, 6) is -0.298. The van der Waals surface area contributed by atoms with Crippen LogP contribution in [0.25, 0.3) is 0 Å². The number of amides is 1. The standard InChI is InChI=1S/C21H29N3O3S/c1-6-16-10-12-17(13-11-16)20(23(2)3)15-22-21(25)18-8-7-9-19(14-18)28(26,27)24(4)5/h7-14,20H,6,15H2,1-5H3,(H,22,25)/t20-/m1/s1. The maximum absolute atomic E-state index is 12.6. The smallest absolute Gasteiger partial charge is 0.251 e. The average molecular weight is 404 g/mol. The van der Waals surface area contributed by atoms with Gasteiger partial charge in [0.05, 0.1) is 10.9 Å². The zero-order valence-electron chi connectivity index (χ0n) is 17.1. The molecule has 152 valence electrons. The molecule has 0 bridgehead atoms. The summed E-state index contributed by atoms with van der Waals surface area (Å²) in [6, 6.07) is 14.5. The molecule has 1 N–H and O–H groups in total. The van der Waals surface area contributed by atoms with Crippen LogP contribution < -0.4 is 5.32 Å². The normalized spacial score (nSPS) is 13.0. The van der Waals surface area contributed by atoms with E-state index in [0.29, 0.717) is 12.1 Å². The highest BCUT2D eigenvalue weighted by Crippen LogP contribution is 2.19. The van der Waals surface area contributed by atoms with Crippen LogP contribution in [-0.4, -0.2) is 58.3 Å². The van der Waals surface area contributed by atoms with E-state index >= 15 is 0 Å². The van der Waals surface area contributed by atoms with Gasteiger partial charge in [0.25, 0.3) is 5.91 Å². The molecule has 1 atom stereocenters. The van der Waals surface area contributed by atoms with Crippen LogP contribution in [0.5, 0.6) is 0 Å². The van der Waals surface area contributed by atoms with Gasteiger partial charge in [-0.2, -0.15) is 0 Å². The monoisotopic (exact) mass is 403 g/mol. The first-order valence-corrected chi connectivity index (χ1v) is 10.7. The number of nitrogens with one attached hydrogen (secondary N) is 1. The zero-order valence-corrected chi connectivity index (χ0v) is 18.0. The molecule has 0 radical (unpaired) electrons. The molecule has 6 nitrogen and oxygen atoms in total. The van der Waals surface area contributed by atoms with Gasteiger partial charge < -0.3 is 10.2 Å². The second kappa shape index (κ2) is 9.32. The first-order valence-electron chi connectivity index (χ1n) is 9.23. The molecule has 0 aliphatic rings. The van der Waals surface area contributed by atoms with Crippen molar-refractivity contribution in [3.8, 4) is 0 Å². The number of hydrogen-bond donors (Lipinski definition) is 1. The summed E-state index contributed by atoms with van der Waals surface area (Å²) >= 11 is 0. The van der Waals surface area contributed by atoms with Gasteiger partial charge >= 0.3 is 0 Å². The molecule has 0 unspecified atom stereocenters. The molecule has 2 rings (SSSR count). The largest absolute Gasteiger partial charge is 0.350 e. The highest BCUT2D eigenvalue weighted by Gasteiger charge is 2.20. The van der Waals surface area contributed by atoms with E-state index in [2.05, 4.69) is 36.5 Å². The Labute approximate surface area is 168 Å². The lowest BCUT2D eigenvalue weighted by Gasteiger charge is -2.25. The summed E-state index contributed by atoms with van der Waals surface area (Å²) in [7, 11) is 3.28. The van der Waals surface area contributed by atoms with Crippen molar-refractivity contribution >= 4 is 15.9 Å². The first-order chi connectivity index (χ1) is 13.2. The number of hydrogen-bond acceptors (Lipinski definition) is 4. The molecule has 1 amide bonds. The summed E-state index contributed by atoms with van der Waals surface area (Å²) < 4.78 is 25.7. The zero-order chi connectivity index (χ0) is 20.9. The molecule has 28 heavy (non-hydrogen) atoms. The minimum atomic E-state index is -3.58. The van der Waals surface area contributed by atoms with Gasteiger partial charge in [0.15, 0.2) is 0 Å². The van der Waals surface area contributed by atoms with Gasteiger partial charge in [0.1, 0.15) is 0 Å². The third kappa shape index (κ3) is 5.19. The van der Waals surface area contributed by atoms with Crippen LogP contribution in [0.2, 0.25) is 0 Å². The predicted octanol–water partition coefficient (Wildman–Crippen LogP) is 2.53. The lowest BCUT2D eigenvalue weighted by molar-refractivity contribution is 0.0941. The van der Waals surface area contributed by atoms with Gasteiger partial charge in [-0.15, -0.1) is 0 Å². The fourth-order valence-electron chi connectivity index (χ4n) is 2.87. The predicted molar refractivity (Wildman–Crippen MR) is 112 cm³/mol. The molecule has 0 saturated carbocycles. The summed E-state index contributed by atoms with van der Waals surface area (Å²) in [4.78, 5) is 14.8. The number of aryl methyl sites for hydroxylation is 1. The fraction of sp³-hybridized carbons (Fsp3) is 0.381. The number of likely N-dealkylation sites (N-methyl/N-ethyl adjacent to an activating group) is 1. The van der Waals surface area contributed by atoms with Gasteiger partial charge in [-0.05, 0) is 49.8 Å². The van der Waals surface area contributed by atoms with Crippen molar-refractivity contribution in [1.29, 1.82) is 0 Å². The van der Waals surface area contributed by atoms with E-state index < -0.39 is 10.0 Å². The first kappa shape index (κ1) is 22.1. The third-order valence-corrected chi connectivity index (χ3v) is 6.54. The number of rotatable bonds is 8. The fourth-order valence-corrected chi connectivity index (χ4v) is 3.82. The van der Waals surface area contributed by atoms with Gasteiger partial charge in [-0.25, -0.2) is 12.7 Å². The minimum absolute atomic E-state index is 0.0172. The maximum Gasteiger partial charge on any atom is 0.251 e. The van der Waals surface area contributed by atoms with Crippen molar-refractivity contribution in [3.63, 3.8) is 0 Å². The molecule has 0 aliphatic heterocycles. The Bertz CT molecular complexity index is 907. The molecule has 0 heterocycles. The Kier molecular flexibility index (Phi) is 7.35. The van der Waals surface area contributed by atoms with Gasteiger partial charge in [0, 0.05) is 26.2 Å². The van der Waals surface area contributed by atoms with Crippen LogP contribution in [0.4, 0.5) is 0 Å². The molecule has 0 fully saturated rings. The van der Waals surface area contributed by atoms with E-state index in [1.54, 1.807) is 12.1 Å². The molecule has 0 spiro atoms. The Morgan fingerprint density at radius 3 is 2.21 bits per heavy atom. The highest BCUT2D eigenvalue weighted by molar-refractivity contribution is 7.89. The van der Waals surface area contributed by atoms with Crippen LogP contribution in [0.15, 0.2) is 53.4 Å². The van der Waals surface area contributed by atoms with Crippen LogP contribution in [0, 0.1) is 0 Å². The number of benzene rings is 2. The van der Waals surface area contributed by atoms with Gasteiger partial charge in [-0.3, -0.25) is 4.79 Å². The molecular weight excluding hydrogens is 374 g/mol. The number of carbonyl (C=O) groups is 1. The highest BCUT2D eigenvalue weighted by atomic mass is 32.2. The number of sulfonamides is 1. The molecule has 7 heteroatoms. The van der Waals surface area contributed by atoms with Crippen molar-refractivity contribution in [3.05, 3.63) is 65.2 Å². The van der Waals surface area contributed by atoms with E-state index in [1.807, 2.05) is 19.0 Å². The minimum Gasteiger partial charge on any atom is -0.350 e. The third-order valence-electron chi connectivity index (χ3n) is 4.73. The Balaban J connectivity index is 2.15. The molecule has 0 aromatic heterocycles. The molecular formula is C21H29N3O3S. The Morgan fingerprint density at radius 2 is 1.68 bits per heavy atom. The lowest BCUT2D eigenvalue weighted by atomic mass is 10.0. The Morgan fingerprint density at radius 1 is 1.04 bits per heavy atom. The van der Waals surface area contributed by atoms with Crippen LogP contribution in [0.1, 0.15) is 34.5 Å². The van der Waals surface area contributed by atoms with E-state index in [4.69, 9.17) is 0 Å². The van der Waals surface area contributed by atoms with Crippen molar-refractivity contribution in [2.45, 2.75) is 24.3 Å². The van der Waals surface area contributed by atoms with Crippen molar-refractivity contribution in [2.75, 3.05) is 34.7 Å². The second-order valence-electron chi connectivity index (χ2n) is 7.10. The summed E-state index contributed by atoms with van der Waals surface area (Å²) in [5.41, 5.74) is 2.71. The van der Waals surface area contributed by atoms with Crippen LogP contribution in [0.3, 0.4) is 0 Å². The molecule has 2 aromatic rings. The van der Waals surface area contributed by atoms with Crippen molar-refractivity contribution in [2.24, 2.45) is 0 Å². The van der Waals surface area contributed by atoms with Gasteiger partial charge in [-0.1, -0.05) is 37.3 Å². The van der Waals surface area contributed by atoms with E-state index in [9.17, 15) is 13.2 Å². The lowest BCUT2D eigenvalue weighted by Crippen LogP contribution is -2.34. The van der Waals surface area contributed by atoms with Crippen LogP contribution >= 0.6 is 0 Å². The summed E-state index contributed by atoms with van der Waals surface area (Å²) in [5, 5.41) is 2.93. The van der Waals surface area contributed by atoms with Crippen LogP contribution in [-0.2, 0) is 16.4 Å². The maximum atomic E-state index is 12.6. The molecule has 2 aromatic carbocycles. The van der Waals surface area contributed by atoms with Crippen molar-refractivity contribution < 1.29 is 13.2 Å². The van der Waals surface area contributed by atoms with E-state index in [-0.39, 0.29) is 16.8 Å². The number of nitrogens with zero attached hydrogens (tertiary/aromatic N) is 2. The second-order valence-corrected chi connectivity index (χ2v) is 9.25. The van der Waals surface area contributed by atoms with E-state index in [0.717, 1.165) is 16.3 Å².